The SMILES string of the molecule is COCCNC(=O)c1nnc(C(C)C)o1. The molecule has 0 aliphatic heterocycles. The predicted molar refractivity (Wildman–Crippen MR) is 52.6 cm³/mol. The Bertz CT molecular complexity index is 322. The summed E-state index contributed by atoms with van der Waals surface area (Å²) in [6.07, 6.45) is 0. The molecule has 0 bridgehead atoms. The maximum atomic E-state index is 11.4. The second-order valence-electron chi connectivity index (χ2n) is 3.35. The summed E-state index contributed by atoms with van der Waals surface area (Å²) in [6.45, 7) is 4.71. The molecule has 6 heteroatoms. The number of nitrogens with zero attached hydrogens (tertiary/aromatic N) is 2. The van der Waals surface area contributed by atoms with Crippen molar-refractivity contribution in [1.82, 2.24) is 15.5 Å². The van der Waals surface area contributed by atoms with E-state index in [1.165, 1.54) is 0 Å². The molecular formula is C9H15N3O3. The molecule has 15 heavy (non-hydrogen) atoms. The zero-order valence-corrected chi connectivity index (χ0v) is 9.11. The number of rotatable bonds is 5. The Labute approximate surface area is 88.0 Å². The Morgan fingerprint density at radius 1 is 1.53 bits per heavy atom. The van der Waals surface area contributed by atoms with Crippen molar-refractivity contribution in [1.29, 1.82) is 0 Å². The normalized spacial score (nSPS) is 10.7. The van der Waals surface area contributed by atoms with E-state index in [2.05, 4.69) is 15.5 Å². The van der Waals surface area contributed by atoms with E-state index in [4.69, 9.17) is 9.15 Å². The summed E-state index contributed by atoms with van der Waals surface area (Å²) < 4.78 is 9.95. The number of nitrogens with one attached hydrogen (secondary N) is 1. The molecule has 1 aromatic rings. The van der Waals surface area contributed by atoms with Crippen LogP contribution in [0.4, 0.5) is 0 Å². The van der Waals surface area contributed by atoms with Crippen molar-refractivity contribution in [3.63, 3.8) is 0 Å². The van der Waals surface area contributed by atoms with Gasteiger partial charge in [0.1, 0.15) is 0 Å². The van der Waals surface area contributed by atoms with Crippen LogP contribution in [0.3, 0.4) is 0 Å². The Hall–Kier alpha value is -1.43. The summed E-state index contributed by atoms with van der Waals surface area (Å²) in [5, 5.41) is 9.99. The van der Waals surface area contributed by atoms with Gasteiger partial charge in [-0.1, -0.05) is 13.8 Å². The molecule has 0 atom stereocenters. The third-order valence-corrected chi connectivity index (χ3v) is 1.72. The molecule has 6 nitrogen and oxygen atoms in total. The van der Waals surface area contributed by atoms with Crippen LogP contribution >= 0.6 is 0 Å². The minimum Gasteiger partial charge on any atom is -0.417 e. The van der Waals surface area contributed by atoms with Gasteiger partial charge in [-0.05, 0) is 0 Å². The van der Waals surface area contributed by atoms with E-state index in [0.29, 0.717) is 19.0 Å². The second-order valence-corrected chi connectivity index (χ2v) is 3.35. The van der Waals surface area contributed by atoms with Crippen LogP contribution in [0.2, 0.25) is 0 Å². The Kier molecular flexibility index (Phi) is 4.23. The molecule has 0 radical (unpaired) electrons. The molecule has 0 aliphatic rings. The Morgan fingerprint density at radius 3 is 2.80 bits per heavy atom. The quantitative estimate of drug-likeness (QED) is 0.723. The van der Waals surface area contributed by atoms with E-state index >= 15 is 0 Å². The van der Waals surface area contributed by atoms with Crippen LogP contribution in [0.5, 0.6) is 0 Å². The smallest absolute Gasteiger partial charge is 0.308 e. The van der Waals surface area contributed by atoms with Crippen molar-refractivity contribution < 1.29 is 13.9 Å². The van der Waals surface area contributed by atoms with Crippen molar-refractivity contribution in [3.8, 4) is 0 Å². The Morgan fingerprint density at radius 2 is 2.27 bits per heavy atom. The number of methoxy groups -OCH3 is 1. The van der Waals surface area contributed by atoms with Gasteiger partial charge in [0.05, 0.1) is 6.61 Å². The van der Waals surface area contributed by atoms with Gasteiger partial charge in [0.25, 0.3) is 0 Å². The van der Waals surface area contributed by atoms with Gasteiger partial charge >= 0.3 is 11.8 Å². The third kappa shape index (κ3) is 3.32. The average molecular weight is 213 g/mol. The lowest BCUT2D eigenvalue weighted by atomic mass is 10.2. The van der Waals surface area contributed by atoms with E-state index in [0.717, 1.165) is 0 Å². The van der Waals surface area contributed by atoms with Crippen molar-refractivity contribution in [3.05, 3.63) is 11.8 Å². The van der Waals surface area contributed by atoms with Crippen LogP contribution in [-0.2, 0) is 4.74 Å². The van der Waals surface area contributed by atoms with Crippen molar-refractivity contribution in [2.75, 3.05) is 20.3 Å². The van der Waals surface area contributed by atoms with Gasteiger partial charge in [0.15, 0.2) is 0 Å². The first-order valence-electron chi connectivity index (χ1n) is 4.75. The van der Waals surface area contributed by atoms with Crippen molar-refractivity contribution >= 4 is 5.91 Å². The minimum atomic E-state index is -0.369. The van der Waals surface area contributed by atoms with Gasteiger partial charge in [0, 0.05) is 19.6 Å². The number of hydrogen-bond donors (Lipinski definition) is 1. The molecule has 0 unspecified atom stereocenters. The largest absolute Gasteiger partial charge is 0.417 e. The van der Waals surface area contributed by atoms with Gasteiger partial charge in [-0.25, -0.2) is 0 Å². The van der Waals surface area contributed by atoms with Crippen LogP contribution in [0.25, 0.3) is 0 Å². The zero-order chi connectivity index (χ0) is 11.3. The van der Waals surface area contributed by atoms with Crippen molar-refractivity contribution in [2.45, 2.75) is 19.8 Å². The van der Waals surface area contributed by atoms with Gasteiger partial charge in [0.2, 0.25) is 5.89 Å². The topological polar surface area (TPSA) is 77.2 Å². The molecule has 0 aromatic carbocycles. The molecule has 0 aliphatic carbocycles. The third-order valence-electron chi connectivity index (χ3n) is 1.72. The summed E-state index contributed by atoms with van der Waals surface area (Å²) in [5.41, 5.74) is 0. The average Bonchev–Trinajstić information content (AvgIpc) is 2.66. The lowest BCUT2D eigenvalue weighted by Crippen LogP contribution is -2.27. The standard InChI is InChI=1S/C9H15N3O3/c1-6(2)8-11-12-9(15-8)7(13)10-4-5-14-3/h6H,4-5H2,1-3H3,(H,10,13). The zero-order valence-electron chi connectivity index (χ0n) is 9.11. The van der Waals surface area contributed by atoms with Crippen LogP contribution in [-0.4, -0.2) is 36.4 Å². The second kappa shape index (κ2) is 5.45. The first-order valence-corrected chi connectivity index (χ1v) is 4.75. The highest BCUT2D eigenvalue weighted by Gasteiger charge is 2.15. The van der Waals surface area contributed by atoms with Crippen LogP contribution in [0, 0.1) is 0 Å². The maximum Gasteiger partial charge on any atom is 0.308 e. The summed E-state index contributed by atoms with van der Waals surface area (Å²) in [4.78, 5) is 11.4. The first kappa shape index (κ1) is 11.6. The number of carbonyl (C=O) groups excluding carboxylic acids is 1. The van der Waals surface area contributed by atoms with E-state index < -0.39 is 0 Å². The van der Waals surface area contributed by atoms with Crippen LogP contribution < -0.4 is 5.32 Å². The number of carbonyl (C=O) groups is 1. The molecule has 1 heterocycles. The fourth-order valence-electron chi connectivity index (χ4n) is 0.902. The molecule has 1 rings (SSSR count). The fourth-order valence-corrected chi connectivity index (χ4v) is 0.902. The number of aromatic nitrogens is 2. The highest BCUT2D eigenvalue weighted by Crippen LogP contribution is 2.11. The van der Waals surface area contributed by atoms with E-state index in [-0.39, 0.29) is 17.7 Å². The summed E-state index contributed by atoms with van der Waals surface area (Å²) in [6, 6.07) is 0. The summed E-state index contributed by atoms with van der Waals surface area (Å²) in [5.74, 6) is 0.214. The molecular weight excluding hydrogens is 198 g/mol. The molecule has 0 saturated carbocycles. The lowest BCUT2D eigenvalue weighted by molar-refractivity contribution is 0.0900. The molecule has 1 amide bonds. The van der Waals surface area contributed by atoms with Crippen molar-refractivity contribution in [2.24, 2.45) is 0 Å². The maximum absolute atomic E-state index is 11.4. The molecule has 0 fully saturated rings. The molecule has 1 aromatic heterocycles. The summed E-state index contributed by atoms with van der Waals surface area (Å²) >= 11 is 0. The highest BCUT2D eigenvalue weighted by molar-refractivity contribution is 5.89. The van der Waals surface area contributed by atoms with Gasteiger partial charge < -0.3 is 14.5 Å². The lowest BCUT2D eigenvalue weighted by Gasteiger charge is -2.00. The van der Waals surface area contributed by atoms with Crippen LogP contribution in [0.1, 0.15) is 36.3 Å². The van der Waals surface area contributed by atoms with E-state index in [9.17, 15) is 4.79 Å². The highest BCUT2D eigenvalue weighted by atomic mass is 16.5. The van der Waals surface area contributed by atoms with E-state index in [1.54, 1.807) is 7.11 Å². The minimum absolute atomic E-state index is 0.00481. The number of ether oxygens (including phenoxy) is 1. The van der Waals surface area contributed by atoms with Gasteiger partial charge in [-0.2, -0.15) is 0 Å². The molecule has 0 spiro atoms. The molecule has 1 N–H and O–H groups in total. The summed E-state index contributed by atoms with van der Waals surface area (Å²) in [7, 11) is 1.57. The van der Waals surface area contributed by atoms with Crippen LogP contribution in [0.15, 0.2) is 4.42 Å². The number of amides is 1. The van der Waals surface area contributed by atoms with Gasteiger partial charge in [-0.15, -0.1) is 10.2 Å². The molecule has 84 valence electrons. The predicted octanol–water partition coefficient (Wildman–Crippen LogP) is 0.569. The van der Waals surface area contributed by atoms with Gasteiger partial charge in [-0.3, -0.25) is 4.79 Å². The first-order chi connectivity index (χ1) is 7.15. The monoisotopic (exact) mass is 213 g/mol. The fraction of sp³-hybridized carbons (Fsp3) is 0.667. The number of hydrogen-bond acceptors (Lipinski definition) is 5. The molecule has 0 saturated heterocycles. The van der Waals surface area contributed by atoms with E-state index in [1.807, 2.05) is 13.8 Å². The Balaban J connectivity index is 2.51.